The second-order valence-electron chi connectivity index (χ2n) is 7.36. The van der Waals surface area contributed by atoms with E-state index in [2.05, 4.69) is 20.4 Å². The Bertz CT molecular complexity index is 579. The van der Waals surface area contributed by atoms with Crippen LogP contribution in [0.2, 0.25) is 0 Å². The molecule has 1 saturated carbocycles. The summed E-state index contributed by atoms with van der Waals surface area (Å²) in [6.45, 7) is 4.81. The van der Waals surface area contributed by atoms with Crippen molar-refractivity contribution in [2.24, 2.45) is 0 Å². The van der Waals surface area contributed by atoms with Crippen LogP contribution in [-0.2, 0) is 16.1 Å². The molecule has 6 heteroatoms. The normalized spacial score (nSPS) is 19.4. The van der Waals surface area contributed by atoms with Gasteiger partial charge in [-0.15, -0.1) is 0 Å². The zero-order valence-corrected chi connectivity index (χ0v) is 15.5. The summed E-state index contributed by atoms with van der Waals surface area (Å²) < 4.78 is 0. The molecule has 0 spiro atoms. The molecule has 1 heterocycles. The molecule has 0 radical (unpaired) electrons. The lowest BCUT2D eigenvalue weighted by Gasteiger charge is -2.34. The van der Waals surface area contributed by atoms with E-state index < -0.39 is 0 Å². The van der Waals surface area contributed by atoms with Gasteiger partial charge in [-0.2, -0.15) is 0 Å². The molecule has 2 aliphatic rings. The van der Waals surface area contributed by atoms with E-state index in [4.69, 9.17) is 0 Å². The van der Waals surface area contributed by atoms with Gasteiger partial charge in [0.15, 0.2) is 0 Å². The molecular weight excluding hydrogens is 328 g/mol. The number of rotatable bonds is 7. The first-order valence-electron chi connectivity index (χ1n) is 9.74. The van der Waals surface area contributed by atoms with Crippen molar-refractivity contribution in [2.45, 2.75) is 38.3 Å². The molecule has 0 unspecified atom stereocenters. The van der Waals surface area contributed by atoms with Gasteiger partial charge in [0.05, 0.1) is 13.1 Å². The number of carbonyl (C=O) groups excluding carboxylic acids is 2. The first kappa shape index (κ1) is 18.9. The topological polar surface area (TPSA) is 64.7 Å². The van der Waals surface area contributed by atoms with Crippen LogP contribution in [0, 0.1) is 0 Å². The van der Waals surface area contributed by atoms with Crippen LogP contribution in [0.15, 0.2) is 30.3 Å². The van der Waals surface area contributed by atoms with Gasteiger partial charge in [0.2, 0.25) is 11.8 Å². The smallest absolute Gasteiger partial charge is 0.234 e. The average Bonchev–Trinajstić information content (AvgIpc) is 3.15. The van der Waals surface area contributed by atoms with Gasteiger partial charge in [0.1, 0.15) is 0 Å². The Morgan fingerprint density at radius 2 is 1.46 bits per heavy atom. The molecule has 1 aromatic carbocycles. The molecule has 2 fully saturated rings. The first-order chi connectivity index (χ1) is 12.7. The molecule has 1 aliphatic heterocycles. The first-order valence-corrected chi connectivity index (χ1v) is 9.74. The summed E-state index contributed by atoms with van der Waals surface area (Å²) in [6.07, 6.45) is 4.71. The molecule has 1 aromatic rings. The van der Waals surface area contributed by atoms with E-state index >= 15 is 0 Å². The van der Waals surface area contributed by atoms with Crippen LogP contribution in [0.5, 0.6) is 0 Å². The van der Waals surface area contributed by atoms with Crippen molar-refractivity contribution in [1.82, 2.24) is 20.4 Å². The summed E-state index contributed by atoms with van der Waals surface area (Å²) in [4.78, 5) is 28.6. The molecule has 2 N–H and O–H groups in total. The highest BCUT2D eigenvalue weighted by Crippen LogP contribution is 2.17. The number of piperazine rings is 1. The van der Waals surface area contributed by atoms with Gasteiger partial charge < -0.3 is 10.6 Å². The van der Waals surface area contributed by atoms with Crippen molar-refractivity contribution in [3.05, 3.63) is 35.9 Å². The Hall–Kier alpha value is -1.92. The third-order valence-electron chi connectivity index (χ3n) is 5.25. The largest absolute Gasteiger partial charge is 0.352 e. The molecule has 142 valence electrons. The Morgan fingerprint density at radius 3 is 2.08 bits per heavy atom. The maximum absolute atomic E-state index is 12.1. The van der Waals surface area contributed by atoms with Crippen LogP contribution >= 0.6 is 0 Å². The Kier molecular flexibility index (Phi) is 7.03. The highest BCUT2D eigenvalue weighted by molar-refractivity contribution is 5.78. The molecule has 3 rings (SSSR count). The van der Waals surface area contributed by atoms with E-state index in [9.17, 15) is 9.59 Å². The lowest BCUT2D eigenvalue weighted by molar-refractivity contribution is -0.125. The Morgan fingerprint density at radius 1 is 0.885 bits per heavy atom. The number of benzene rings is 1. The van der Waals surface area contributed by atoms with E-state index in [-0.39, 0.29) is 11.8 Å². The fourth-order valence-corrected chi connectivity index (χ4v) is 3.71. The zero-order chi connectivity index (χ0) is 18.2. The van der Waals surface area contributed by atoms with Gasteiger partial charge >= 0.3 is 0 Å². The summed E-state index contributed by atoms with van der Waals surface area (Å²) in [6, 6.07) is 10.3. The second-order valence-corrected chi connectivity index (χ2v) is 7.36. The SMILES string of the molecule is O=C(CN1CCN(CC(=O)NC2CCCC2)CC1)NCc1ccccc1. The molecule has 26 heavy (non-hydrogen) atoms. The maximum atomic E-state index is 12.1. The predicted octanol–water partition coefficient (Wildman–Crippen LogP) is 0.979. The minimum atomic E-state index is 0.0567. The van der Waals surface area contributed by atoms with Crippen LogP contribution in [0.25, 0.3) is 0 Å². The number of amides is 2. The summed E-state index contributed by atoms with van der Waals surface area (Å²) in [7, 11) is 0. The van der Waals surface area contributed by atoms with E-state index in [0.29, 0.717) is 25.7 Å². The van der Waals surface area contributed by atoms with Crippen molar-refractivity contribution < 1.29 is 9.59 Å². The van der Waals surface area contributed by atoms with Crippen LogP contribution in [0.3, 0.4) is 0 Å². The lowest BCUT2D eigenvalue weighted by atomic mass is 10.2. The van der Waals surface area contributed by atoms with E-state index in [1.165, 1.54) is 12.8 Å². The zero-order valence-electron chi connectivity index (χ0n) is 15.5. The van der Waals surface area contributed by atoms with Gasteiger partial charge in [-0.1, -0.05) is 43.2 Å². The fourth-order valence-electron chi connectivity index (χ4n) is 3.71. The minimum Gasteiger partial charge on any atom is -0.352 e. The molecule has 2 amide bonds. The molecule has 0 aromatic heterocycles. The van der Waals surface area contributed by atoms with Crippen LogP contribution in [0.4, 0.5) is 0 Å². The fraction of sp³-hybridized carbons (Fsp3) is 0.600. The monoisotopic (exact) mass is 358 g/mol. The summed E-state index contributed by atoms with van der Waals surface area (Å²) in [5.74, 6) is 0.201. The Balaban J connectivity index is 1.30. The Labute approximate surface area is 155 Å². The third-order valence-corrected chi connectivity index (χ3v) is 5.25. The summed E-state index contributed by atoms with van der Waals surface area (Å²) in [5, 5.41) is 6.12. The molecular formula is C20H30N4O2. The highest BCUT2D eigenvalue weighted by Gasteiger charge is 2.22. The number of hydrogen-bond donors (Lipinski definition) is 2. The van der Waals surface area contributed by atoms with Crippen LogP contribution in [-0.4, -0.2) is 66.9 Å². The molecule has 0 bridgehead atoms. The number of nitrogens with one attached hydrogen (secondary N) is 2. The van der Waals surface area contributed by atoms with E-state index in [0.717, 1.165) is 44.6 Å². The van der Waals surface area contributed by atoms with Gasteiger partial charge in [-0.25, -0.2) is 0 Å². The maximum Gasteiger partial charge on any atom is 0.234 e. The molecule has 0 atom stereocenters. The number of hydrogen-bond acceptors (Lipinski definition) is 4. The molecule has 1 saturated heterocycles. The van der Waals surface area contributed by atoms with Gasteiger partial charge in [-0.3, -0.25) is 19.4 Å². The van der Waals surface area contributed by atoms with Crippen LogP contribution < -0.4 is 10.6 Å². The summed E-state index contributed by atoms with van der Waals surface area (Å²) >= 11 is 0. The standard InChI is InChI=1S/C20H30N4O2/c25-19(21-14-17-6-2-1-3-7-17)15-23-10-12-24(13-11-23)16-20(26)22-18-8-4-5-9-18/h1-3,6-7,18H,4-5,8-16H2,(H,21,25)(H,22,26). The van der Waals surface area contributed by atoms with E-state index in [1.807, 2.05) is 30.3 Å². The molecule has 6 nitrogen and oxygen atoms in total. The quantitative estimate of drug-likeness (QED) is 0.763. The molecule has 1 aliphatic carbocycles. The van der Waals surface area contributed by atoms with Crippen molar-refractivity contribution in [3.8, 4) is 0 Å². The third kappa shape index (κ3) is 6.11. The second kappa shape index (κ2) is 9.69. The minimum absolute atomic E-state index is 0.0567. The number of nitrogens with zero attached hydrogens (tertiary/aromatic N) is 2. The van der Waals surface area contributed by atoms with Crippen LogP contribution in [0.1, 0.15) is 31.2 Å². The van der Waals surface area contributed by atoms with Crippen molar-refractivity contribution in [1.29, 1.82) is 0 Å². The van der Waals surface area contributed by atoms with E-state index in [1.54, 1.807) is 0 Å². The van der Waals surface area contributed by atoms with Crippen molar-refractivity contribution >= 4 is 11.8 Å². The lowest BCUT2D eigenvalue weighted by Crippen LogP contribution is -2.52. The predicted molar refractivity (Wildman–Crippen MR) is 102 cm³/mol. The number of carbonyl (C=O) groups is 2. The van der Waals surface area contributed by atoms with Crippen molar-refractivity contribution in [3.63, 3.8) is 0 Å². The average molecular weight is 358 g/mol. The van der Waals surface area contributed by atoms with Crippen molar-refractivity contribution in [2.75, 3.05) is 39.3 Å². The van der Waals surface area contributed by atoms with Gasteiger partial charge in [0.25, 0.3) is 0 Å². The summed E-state index contributed by atoms with van der Waals surface area (Å²) in [5.41, 5.74) is 1.11. The van der Waals surface area contributed by atoms with Gasteiger partial charge in [-0.05, 0) is 18.4 Å². The van der Waals surface area contributed by atoms with Gasteiger partial charge in [0, 0.05) is 38.8 Å². The highest BCUT2D eigenvalue weighted by atomic mass is 16.2.